The topological polar surface area (TPSA) is 57.8 Å². The number of rotatable bonds is 5. The van der Waals surface area contributed by atoms with E-state index in [0.717, 1.165) is 24.3 Å². The van der Waals surface area contributed by atoms with E-state index in [9.17, 15) is 4.79 Å². The van der Waals surface area contributed by atoms with Gasteiger partial charge in [-0.05, 0) is 73.5 Å². The van der Waals surface area contributed by atoms with Crippen LogP contribution in [0.2, 0.25) is 5.02 Å². The Morgan fingerprint density at radius 3 is 2.43 bits per heavy atom. The number of benzene rings is 2. The standard InChI is InChI=1S/C22H20ClN3O2/c23-18-7-3-16(4-8-18)21-12-11-20(28-21)15-24-25-22(27)17-5-9-19(10-6-17)26-13-1-2-14-26/h3-12,15H,1-2,13-14H2,(H,25,27)/b24-15-. The highest BCUT2D eigenvalue weighted by Crippen LogP contribution is 2.23. The number of nitrogens with one attached hydrogen (secondary N) is 1. The summed E-state index contributed by atoms with van der Waals surface area (Å²) >= 11 is 5.90. The number of halogens is 1. The van der Waals surface area contributed by atoms with Gasteiger partial charge in [-0.25, -0.2) is 5.43 Å². The van der Waals surface area contributed by atoms with Crippen molar-refractivity contribution < 1.29 is 9.21 Å². The van der Waals surface area contributed by atoms with Crippen LogP contribution in [0.3, 0.4) is 0 Å². The van der Waals surface area contributed by atoms with Gasteiger partial charge in [-0.2, -0.15) is 5.10 Å². The monoisotopic (exact) mass is 393 g/mol. The van der Waals surface area contributed by atoms with Gasteiger partial charge in [0.25, 0.3) is 5.91 Å². The summed E-state index contributed by atoms with van der Waals surface area (Å²) in [5, 5.41) is 4.66. The van der Waals surface area contributed by atoms with Crippen LogP contribution in [0.4, 0.5) is 5.69 Å². The molecular formula is C22H20ClN3O2. The van der Waals surface area contributed by atoms with Crippen LogP contribution in [0.25, 0.3) is 11.3 Å². The molecule has 2 aromatic carbocycles. The summed E-state index contributed by atoms with van der Waals surface area (Å²) in [6.45, 7) is 2.16. The predicted molar refractivity (Wildman–Crippen MR) is 112 cm³/mol. The molecule has 0 atom stereocenters. The third-order valence-electron chi connectivity index (χ3n) is 4.71. The quantitative estimate of drug-likeness (QED) is 0.492. The first-order valence-corrected chi connectivity index (χ1v) is 9.61. The minimum atomic E-state index is -0.256. The molecule has 0 radical (unpaired) electrons. The summed E-state index contributed by atoms with van der Waals surface area (Å²) < 4.78 is 5.72. The molecule has 1 fully saturated rings. The third kappa shape index (κ3) is 4.26. The first-order valence-electron chi connectivity index (χ1n) is 9.23. The highest BCUT2D eigenvalue weighted by Gasteiger charge is 2.13. The smallest absolute Gasteiger partial charge is 0.271 e. The molecule has 142 valence electrons. The summed E-state index contributed by atoms with van der Waals surface area (Å²) in [4.78, 5) is 14.6. The van der Waals surface area contributed by atoms with Crippen LogP contribution in [-0.2, 0) is 0 Å². The van der Waals surface area contributed by atoms with Crippen LogP contribution in [-0.4, -0.2) is 25.2 Å². The van der Waals surface area contributed by atoms with E-state index in [-0.39, 0.29) is 5.91 Å². The number of nitrogens with zero attached hydrogens (tertiary/aromatic N) is 2. The number of carbonyl (C=O) groups is 1. The first-order chi connectivity index (χ1) is 13.7. The molecule has 0 saturated carbocycles. The van der Waals surface area contributed by atoms with Crippen LogP contribution in [0, 0.1) is 0 Å². The Balaban J connectivity index is 1.35. The number of anilines is 1. The van der Waals surface area contributed by atoms with Crippen molar-refractivity contribution >= 4 is 29.4 Å². The van der Waals surface area contributed by atoms with Crippen molar-refractivity contribution in [1.29, 1.82) is 0 Å². The van der Waals surface area contributed by atoms with Crippen molar-refractivity contribution in [1.82, 2.24) is 5.43 Å². The SMILES string of the molecule is O=C(N/N=C\c1ccc(-c2ccc(Cl)cc2)o1)c1ccc(N2CCCC2)cc1. The lowest BCUT2D eigenvalue weighted by Gasteiger charge is -2.17. The lowest BCUT2D eigenvalue weighted by atomic mass is 10.2. The molecule has 0 aliphatic carbocycles. The molecule has 1 aliphatic rings. The van der Waals surface area contributed by atoms with Crippen molar-refractivity contribution in [3.05, 3.63) is 77.0 Å². The third-order valence-corrected chi connectivity index (χ3v) is 4.97. The Morgan fingerprint density at radius 1 is 1.00 bits per heavy atom. The second kappa shape index (κ2) is 8.31. The first kappa shape index (κ1) is 18.3. The Bertz CT molecular complexity index is 972. The predicted octanol–water partition coefficient (Wildman–Crippen LogP) is 4.96. The normalized spacial score (nSPS) is 14.0. The van der Waals surface area contributed by atoms with Crippen molar-refractivity contribution in [2.24, 2.45) is 5.10 Å². The highest BCUT2D eigenvalue weighted by molar-refractivity contribution is 6.30. The zero-order valence-corrected chi connectivity index (χ0v) is 16.0. The van der Waals surface area contributed by atoms with Crippen molar-refractivity contribution in [3.8, 4) is 11.3 Å². The molecule has 1 aliphatic heterocycles. The number of furan rings is 1. The van der Waals surface area contributed by atoms with Crippen LogP contribution in [0.5, 0.6) is 0 Å². The summed E-state index contributed by atoms with van der Waals surface area (Å²) in [5.41, 5.74) is 5.18. The number of hydrogen-bond donors (Lipinski definition) is 1. The van der Waals surface area contributed by atoms with Gasteiger partial charge in [0.05, 0.1) is 6.21 Å². The van der Waals surface area contributed by atoms with E-state index in [1.807, 2.05) is 54.6 Å². The molecule has 5 nitrogen and oxygen atoms in total. The Kier molecular flexibility index (Phi) is 5.44. The molecule has 2 heterocycles. The lowest BCUT2D eigenvalue weighted by Crippen LogP contribution is -2.19. The summed E-state index contributed by atoms with van der Waals surface area (Å²) in [5.74, 6) is 1.00. The van der Waals surface area contributed by atoms with Gasteiger partial charge in [0.2, 0.25) is 0 Å². The van der Waals surface area contributed by atoms with Crippen LogP contribution < -0.4 is 10.3 Å². The van der Waals surface area contributed by atoms with E-state index in [4.69, 9.17) is 16.0 Å². The van der Waals surface area contributed by atoms with Gasteiger partial charge in [-0.15, -0.1) is 0 Å². The zero-order chi connectivity index (χ0) is 19.3. The average molecular weight is 394 g/mol. The molecule has 1 aromatic heterocycles. The van der Waals surface area contributed by atoms with Gasteiger partial charge in [0.1, 0.15) is 11.5 Å². The van der Waals surface area contributed by atoms with Crippen molar-refractivity contribution in [2.75, 3.05) is 18.0 Å². The van der Waals surface area contributed by atoms with Gasteiger partial charge >= 0.3 is 0 Å². The van der Waals surface area contributed by atoms with E-state index in [2.05, 4.69) is 15.4 Å². The lowest BCUT2D eigenvalue weighted by molar-refractivity contribution is 0.0955. The molecule has 0 unspecified atom stereocenters. The summed E-state index contributed by atoms with van der Waals surface area (Å²) in [6.07, 6.45) is 3.93. The minimum absolute atomic E-state index is 0.256. The van der Waals surface area contributed by atoms with E-state index >= 15 is 0 Å². The van der Waals surface area contributed by atoms with E-state index < -0.39 is 0 Å². The van der Waals surface area contributed by atoms with Crippen LogP contribution in [0.1, 0.15) is 29.0 Å². The maximum absolute atomic E-state index is 12.2. The molecule has 1 saturated heterocycles. The molecule has 3 aromatic rings. The molecule has 1 N–H and O–H groups in total. The fraction of sp³-hybridized carbons (Fsp3) is 0.182. The van der Waals surface area contributed by atoms with E-state index in [1.165, 1.54) is 19.1 Å². The van der Waals surface area contributed by atoms with Crippen molar-refractivity contribution in [2.45, 2.75) is 12.8 Å². The fourth-order valence-corrected chi connectivity index (χ4v) is 3.34. The second-order valence-electron chi connectivity index (χ2n) is 6.65. The van der Waals surface area contributed by atoms with E-state index in [1.54, 1.807) is 6.07 Å². The maximum atomic E-state index is 12.2. The van der Waals surface area contributed by atoms with Crippen LogP contribution in [0.15, 0.2) is 70.2 Å². The van der Waals surface area contributed by atoms with Gasteiger partial charge in [0, 0.05) is 34.9 Å². The largest absolute Gasteiger partial charge is 0.455 e. The Labute approximate surface area is 168 Å². The maximum Gasteiger partial charge on any atom is 0.271 e. The minimum Gasteiger partial charge on any atom is -0.455 e. The van der Waals surface area contributed by atoms with Gasteiger partial charge in [0.15, 0.2) is 0 Å². The number of amides is 1. The Morgan fingerprint density at radius 2 is 1.71 bits per heavy atom. The molecule has 0 spiro atoms. The Hall–Kier alpha value is -3.05. The molecule has 1 amide bonds. The summed E-state index contributed by atoms with van der Waals surface area (Å²) in [6, 6.07) is 18.6. The average Bonchev–Trinajstić information content (AvgIpc) is 3.41. The molecule has 0 bridgehead atoms. The molecule has 28 heavy (non-hydrogen) atoms. The van der Waals surface area contributed by atoms with Crippen LogP contribution >= 0.6 is 11.6 Å². The van der Waals surface area contributed by atoms with Gasteiger partial charge < -0.3 is 9.32 Å². The fourth-order valence-electron chi connectivity index (χ4n) is 3.21. The molecular weight excluding hydrogens is 374 g/mol. The zero-order valence-electron chi connectivity index (χ0n) is 15.3. The number of carbonyl (C=O) groups excluding carboxylic acids is 1. The number of hydrazone groups is 1. The summed E-state index contributed by atoms with van der Waals surface area (Å²) in [7, 11) is 0. The van der Waals surface area contributed by atoms with Gasteiger partial charge in [-0.3, -0.25) is 4.79 Å². The second-order valence-corrected chi connectivity index (χ2v) is 7.09. The molecule has 6 heteroatoms. The number of hydrogen-bond acceptors (Lipinski definition) is 4. The van der Waals surface area contributed by atoms with Gasteiger partial charge in [-0.1, -0.05) is 11.6 Å². The van der Waals surface area contributed by atoms with Crippen molar-refractivity contribution in [3.63, 3.8) is 0 Å². The van der Waals surface area contributed by atoms with E-state index in [0.29, 0.717) is 22.1 Å². The molecule has 4 rings (SSSR count). The highest BCUT2D eigenvalue weighted by atomic mass is 35.5.